The molecule has 8 heteroatoms. The van der Waals surface area contributed by atoms with Gasteiger partial charge in [0.25, 0.3) is 5.69 Å². The zero-order valence-corrected chi connectivity index (χ0v) is 12.1. The fourth-order valence-corrected chi connectivity index (χ4v) is 1.70. The van der Waals surface area contributed by atoms with Crippen LogP contribution < -0.4 is 14.8 Å². The Morgan fingerprint density at radius 2 is 2.10 bits per heavy atom. The number of nitro groups is 1. The molecular formula is C13H18N2O6. The van der Waals surface area contributed by atoms with Gasteiger partial charge in [0.2, 0.25) is 0 Å². The van der Waals surface area contributed by atoms with Crippen molar-refractivity contribution in [1.82, 2.24) is 5.32 Å². The van der Waals surface area contributed by atoms with Crippen LogP contribution in [0.4, 0.5) is 5.69 Å². The molecule has 0 aromatic heterocycles. The second-order valence-electron chi connectivity index (χ2n) is 4.09. The average Bonchev–Trinajstić information content (AvgIpc) is 2.50. The first-order chi connectivity index (χ1) is 10.0. The van der Waals surface area contributed by atoms with Crippen molar-refractivity contribution in [2.75, 3.05) is 27.9 Å². The number of likely N-dealkylation sites (N-methyl/N-ethyl adjacent to an activating group) is 1. The molecule has 21 heavy (non-hydrogen) atoms. The molecule has 1 aromatic rings. The van der Waals surface area contributed by atoms with Gasteiger partial charge in [-0.2, -0.15) is 0 Å². The van der Waals surface area contributed by atoms with Gasteiger partial charge < -0.3 is 19.5 Å². The van der Waals surface area contributed by atoms with Gasteiger partial charge in [-0.25, -0.2) is 0 Å². The molecule has 0 radical (unpaired) electrons. The van der Waals surface area contributed by atoms with Crippen LogP contribution in [0.2, 0.25) is 0 Å². The molecule has 116 valence electrons. The van der Waals surface area contributed by atoms with Crippen LogP contribution in [0.3, 0.4) is 0 Å². The Kier molecular flexibility index (Phi) is 6.41. The largest absolute Gasteiger partial charge is 0.493 e. The van der Waals surface area contributed by atoms with E-state index < -0.39 is 11.0 Å². The van der Waals surface area contributed by atoms with Crippen LogP contribution in [0.5, 0.6) is 11.5 Å². The van der Waals surface area contributed by atoms with Gasteiger partial charge in [0.05, 0.1) is 31.8 Å². The SMILES string of the molecule is CNC(CCOc1ccc([N+](=O)[O-])cc1OC)C(=O)OC. The van der Waals surface area contributed by atoms with Crippen LogP contribution >= 0.6 is 0 Å². The van der Waals surface area contributed by atoms with Crippen molar-refractivity contribution >= 4 is 11.7 Å². The maximum absolute atomic E-state index is 11.4. The molecule has 0 aliphatic carbocycles. The molecule has 1 rings (SSSR count). The first kappa shape index (κ1) is 16.7. The van der Waals surface area contributed by atoms with Gasteiger partial charge in [-0.1, -0.05) is 0 Å². The highest BCUT2D eigenvalue weighted by Crippen LogP contribution is 2.31. The normalized spacial score (nSPS) is 11.6. The predicted molar refractivity (Wildman–Crippen MR) is 74.6 cm³/mol. The number of nitrogens with zero attached hydrogens (tertiary/aromatic N) is 1. The number of ether oxygens (including phenoxy) is 3. The number of rotatable bonds is 8. The van der Waals surface area contributed by atoms with E-state index in [9.17, 15) is 14.9 Å². The molecule has 8 nitrogen and oxygen atoms in total. The summed E-state index contributed by atoms with van der Waals surface area (Å²) in [5.41, 5.74) is -0.0816. The molecule has 0 saturated heterocycles. The van der Waals surface area contributed by atoms with Crippen LogP contribution in [0.25, 0.3) is 0 Å². The average molecular weight is 298 g/mol. The third-order valence-corrected chi connectivity index (χ3v) is 2.86. The summed E-state index contributed by atoms with van der Waals surface area (Å²) >= 11 is 0. The van der Waals surface area contributed by atoms with Crippen molar-refractivity contribution in [2.24, 2.45) is 0 Å². The number of nitro benzene ring substituents is 1. The van der Waals surface area contributed by atoms with Crippen LogP contribution in [0.1, 0.15) is 6.42 Å². The van der Waals surface area contributed by atoms with Gasteiger partial charge in [-0.3, -0.25) is 14.9 Å². The molecule has 0 amide bonds. The summed E-state index contributed by atoms with van der Waals surface area (Å²) in [6.45, 7) is 0.231. The van der Waals surface area contributed by atoms with Gasteiger partial charge in [-0.15, -0.1) is 0 Å². The summed E-state index contributed by atoms with van der Waals surface area (Å²) in [6, 6.07) is 3.60. The highest BCUT2D eigenvalue weighted by Gasteiger charge is 2.17. The van der Waals surface area contributed by atoms with E-state index in [1.165, 1.54) is 32.4 Å². The van der Waals surface area contributed by atoms with E-state index in [4.69, 9.17) is 9.47 Å². The third-order valence-electron chi connectivity index (χ3n) is 2.86. The summed E-state index contributed by atoms with van der Waals surface area (Å²) < 4.78 is 15.2. The van der Waals surface area contributed by atoms with Gasteiger partial charge in [0, 0.05) is 12.5 Å². The van der Waals surface area contributed by atoms with E-state index in [1.807, 2.05) is 0 Å². The standard InChI is InChI=1S/C13H18N2O6/c1-14-10(13(16)20-3)6-7-21-11-5-4-9(15(17)18)8-12(11)19-2/h4-5,8,10,14H,6-7H2,1-3H3. The van der Waals surface area contributed by atoms with Crippen molar-refractivity contribution in [2.45, 2.75) is 12.5 Å². The molecule has 0 saturated carbocycles. The lowest BCUT2D eigenvalue weighted by molar-refractivity contribution is -0.385. The minimum atomic E-state index is -0.513. The lowest BCUT2D eigenvalue weighted by Gasteiger charge is -2.15. The lowest BCUT2D eigenvalue weighted by atomic mass is 10.2. The van der Waals surface area contributed by atoms with E-state index in [2.05, 4.69) is 10.1 Å². The zero-order chi connectivity index (χ0) is 15.8. The minimum absolute atomic E-state index is 0.0816. The van der Waals surface area contributed by atoms with E-state index in [0.717, 1.165) is 0 Å². The Morgan fingerprint density at radius 1 is 1.38 bits per heavy atom. The van der Waals surface area contributed by atoms with Crippen molar-refractivity contribution < 1.29 is 23.9 Å². The molecule has 0 aliphatic rings. The first-order valence-electron chi connectivity index (χ1n) is 6.23. The number of hydrogen-bond acceptors (Lipinski definition) is 7. The van der Waals surface area contributed by atoms with Crippen LogP contribution in [-0.2, 0) is 9.53 Å². The van der Waals surface area contributed by atoms with Gasteiger partial charge in [0.1, 0.15) is 6.04 Å². The monoisotopic (exact) mass is 298 g/mol. The fraction of sp³-hybridized carbons (Fsp3) is 0.462. The fourth-order valence-electron chi connectivity index (χ4n) is 1.70. The molecule has 1 atom stereocenters. The molecule has 1 N–H and O–H groups in total. The van der Waals surface area contributed by atoms with Gasteiger partial charge >= 0.3 is 5.97 Å². The molecule has 0 heterocycles. The van der Waals surface area contributed by atoms with Crippen molar-refractivity contribution in [1.29, 1.82) is 0 Å². The van der Waals surface area contributed by atoms with E-state index in [-0.39, 0.29) is 24.0 Å². The highest BCUT2D eigenvalue weighted by atomic mass is 16.6. The maximum atomic E-state index is 11.4. The van der Waals surface area contributed by atoms with Crippen LogP contribution in [0, 0.1) is 10.1 Å². The van der Waals surface area contributed by atoms with Crippen molar-refractivity contribution in [3.8, 4) is 11.5 Å². The van der Waals surface area contributed by atoms with Gasteiger partial charge in [-0.05, 0) is 13.1 Å². The number of esters is 1. The number of carbonyl (C=O) groups is 1. The zero-order valence-electron chi connectivity index (χ0n) is 12.1. The predicted octanol–water partition coefficient (Wildman–Crippen LogP) is 1.13. The quantitative estimate of drug-likeness (QED) is 0.436. The Bertz CT molecular complexity index is 505. The number of nitrogens with one attached hydrogen (secondary N) is 1. The first-order valence-corrected chi connectivity index (χ1v) is 6.23. The third kappa shape index (κ3) is 4.60. The summed E-state index contributed by atoms with van der Waals surface area (Å²) in [5, 5.41) is 13.5. The molecular weight excluding hydrogens is 280 g/mol. The highest BCUT2D eigenvalue weighted by molar-refractivity contribution is 5.75. The second-order valence-corrected chi connectivity index (χ2v) is 4.09. The second kappa shape index (κ2) is 8.05. The van der Waals surface area contributed by atoms with E-state index >= 15 is 0 Å². The van der Waals surface area contributed by atoms with Gasteiger partial charge in [0.15, 0.2) is 11.5 Å². The minimum Gasteiger partial charge on any atom is -0.493 e. The van der Waals surface area contributed by atoms with E-state index in [0.29, 0.717) is 12.2 Å². The molecule has 0 bridgehead atoms. The number of benzene rings is 1. The molecule has 0 fully saturated rings. The van der Waals surface area contributed by atoms with E-state index in [1.54, 1.807) is 7.05 Å². The molecule has 0 spiro atoms. The Hall–Kier alpha value is -2.35. The molecule has 0 aliphatic heterocycles. The number of carbonyl (C=O) groups excluding carboxylic acids is 1. The lowest BCUT2D eigenvalue weighted by Crippen LogP contribution is -2.36. The number of hydrogen-bond donors (Lipinski definition) is 1. The topological polar surface area (TPSA) is 99.9 Å². The van der Waals surface area contributed by atoms with Crippen LogP contribution in [-0.4, -0.2) is 44.8 Å². The summed E-state index contributed by atoms with van der Waals surface area (Å²) in [7, 11) is 4.36. The molecule has 1 unspecified atom stereocenters. The number of non-ortho nitro benzene ring substituents is 1. The summed E-state index contributed by atoms with van der Waals surface area (Å²) in [4.78, 5) is 21.6. The van der Waals surface area contributed by atoms with Crippen molar-refractivity contribution in [3.63, 3.8) is 0 Å². The molecule has 1 aromatic carbocycles. The van der Waals surface area contributed by atoms with Crippen molar-refractivity contribution in [3.05, 3.63) is 28.3 Å². The Balaban J connectivity index is 2.67. The number of methoxy groups -OCH3 is 2. The maximum Gasteiger partial charge on any atom is 0.322 e. The summed E-state index contributed by atoms with van der Waals surface area (Å²) in [5.74, 6) is 0.267. The Labute approximate surface area is 122 Å². The van der Waals surface area contributed by atoms with Crippen LogP contribution in [0.15, 0.2) is 18.2 Å². The smallest absolute Gasteiger partial charge is 0.322 e. The summed E-state index contributed by atoms with van der Waals surface area (Å²) in [6.07, 6.45) is 0.392. The Morgan fingerprint density at radius 3 is 2.62 bits per heavy atom.